The molecule has 0 unspecified atom stereocenters. The third kappa shape index (κ3) is 3.80. The molecule has 0 heterocycles. The Morgan fingerprint density at radius 2 is 2.00 bits per heavy atom. The number of amides is 1. The molecule has 0 bridgehead atoms. The van der Waals surface area contributed by atoms with Crippen LogP contribution < -0.4 is 10.6 Å². The lowest BCUT2D eigenvalue weighted by Crippen LogP contribution is -2.30. The van der Waals surface area contributed by atoms with Crippen molar-refractivity contribution in [3.8, 4) is 0 Å². The minimum atomic E-state index is -0.0880. The van der Waals surface area contributed by atoms with Crippen molar-refractivity contribution in [3.63, 3.8) is 0 Å². The number of benzene rings is 1. The zero-order valence-corrected chi connectivity index (χ0v) is 10.8. The van der Waals surface area contributed by atoms with Gasteiger partial charge in [0.2, 0.25) is 0 Å². The van der Waals surface area contributed by atoms with Crippen LogP contribution in [0.25, 0.3) is 0 Å². The summed E-state index contributed by atoms with van der Waals surface area (Å²) in [4.78, 5) is 13.6. The van der Waals surface area contributed by atoms with E-state index < -0.39 is 0 Å². The quantitative estimate of drug-likeness (QED) is 0.803. The van der Waals surface area contributed by atoms with Crippen LogP contribution in [-0.2, 0) is 9.53 Å². The molecule has 0 spiro atoms. The molecule has 5 heteroatoms. The van der Waals surface area contributed by atoms with Gasteiger partial charge in [-0.1, -0.05) is 12.2 Å². The Hall–Kier alpha value is -1.46. The van der Waals surface area contributed by atoms with Gasteiger partial charge < -0.3 is 15.4 Å². The Morgan fingerprint density at radius 1 is 1.41 bits per heavy atom. The molecule has 1 rings (SSSR count). The minimum Gasteiger partial charge on any atom is -0.389 e. The maximum Gasteiger partial charge on any atom is 0.252 e. The van der Waals surface area contributed by atoms with E-state index in [0.717, 1.165) is 11.3 Å². The molecule has 0 aromatic heterocycles. The van der Waals surface area contributed by atoms with Crippen LogP contribution in [0.1, 0.15) is 12.5 Å². The van der Waals surface area contributed by atoms with Gasteiger partial charge in [-0.2, -0.15) is 0 Å². The zero-order valence-electron chi connectivity index (χ0n) is 9.97. The van der Waals surface area contributed by atoms with Crippen LogP contribution in [0, 0.1) is 0 Å². The molecule has 1 amide bonds. The van der Waals surface area contributed by atoms with E-state index in [1.165, 1.54) is 0 Å². The van der Waals surface area contributed by atoms with Crippen molar-refractivity contribution in [2.24, 2.45) is 5.73 Å². The predicted molar refractivity (Wildman–Crippen MR) is 72.2 cm³/mol. The number of anilines is 1. The molecule has 0 aliphatic carbocycles. The number of nitrogens with two attached hydrogens (primary N) is 1. The van der Waals surface area contributed by atoms with Crippen molar-refractivity contribution in [2.45, 2.75) is 6.92 Å². The minimum absolute atomic E-state index is 0.0874. The van der Waals surface area contributed by atoms with Crippen LogP contribution in [0.15, 0.2) is 24.3 Å². The molecule has 0 fully saturated rings. The Balaban J connectivity index is 2.72. The molecule has 0 aliphatic heterocycles. The Bertz CT molecular complexity index is 403. The lowest BCUT2D eigenvalue weighted by atomic mass is 10.2. The van der Waals surface area contributed by atoms with E-state index >= 15 is 0 Å². The summed E-state index contributed by atoms with van der Waals surface area (Å²) in [5.41, 5.74) is 7.07. The van der Waals surface area contributed by atoms with E-state index in [2.05, 4.69) is 0 Å². The molecule has 1 aromatic rings. The molecule has 17 heavy (non-hydrogen) atoms. The lowest BCUT2D eigenvalue weighted by Gasteiger charge is -2.17. The molecule has 0 aliphatic rings. The predicted octanol–water partition coefficient (Wildman–Crippen LogP) is 1.32. The van der Waals surface area contributed by atoms with Crippen LogP contribution in [0.2, 0.25) is 0 Å². The van der Waals surface area contributed by atoms with Crippen molar-refractivity contribution in [1.82, 2.24) is 0 Å². The number of likely N-dealkylation sites (N-methyl/N-ethyl adjacent to an activating group) is 1. The molecule has 0 saturated carbocycles. The average molecular weight is 252 g/mol. The van der Waals surface area contributed by atoms with Gasteiger partial charge in [0.05, 0.1) is 0 Å². The molecule has 0 radical (unpaired) electrons. The van der Waals surface area contributed by atoms with Crippen molar-refractivity contribution in [1.29, 1.82) is 0 Å². The molecule has 0 saturated heterocycles. The summed E-state index contributed by atoms with van der Waals surface area (Å²) >= 11 is 4.86. The van der Waals surface area contributed by atoms with Gasteiger partial charge >= 0.3 is 0 Å². The van der Waals surface area contributed by atoms with Crippen LogP contribution >= 0.6 is 12.2 Å². The summed E-state index contributed by atoms with van der Waals surface area (Å²) in [6.45, 7) is 2.47. The van der Waals surface area contributed by atoms with Gasteiger partial charge in [0.15, 0.2) is 0 Å². The fraction of sp³-hybridized carbons (Fsp3) is 0.333. The molecule has 2 N–H and O–H groups in total. The first-order valence-corrected chi connectivity index (χ1v) is 5.71. The van der Waals surface area contributed by atoms with E-state index in [9.17, 15) is 4.79 Å². The van der Waals surface area contributed by atoms with Gasteiger partial charge in [-0.25, -0.2) is 0 Å². The lowest BCUT2D eigenvalue weighted by molar-refractivity contribution is -0.122. The fourth-order valence-corrected chi connectivity index (χ4v) is 1.42. The average Bonchev–Trinajstić information content (AvgIpc) is 2.35. The fourth-order valence-electron chi connectivity index (χ4n) is 1.28. The number of hydrogen-bond acceptors (Lipinski definition) is 3. The van der Waals surface area contributed by atoms with Crippen LogP contribution in [0.4, 0.5) is 5.69 Å². The normalized spacial score (nSPS) is 10.0. The zero-order chi connectivity index (χ0) is 12.8. The summed E-state index contributed by atoms with van der Waals surface area (Å²) in [5.74, 6) is -0.0880. The number of rotatable bonds is 5. The number of hydrogen-bond donors (Lipinski definition) is 1. The van der Waals surface area contributed by atoms with Gasteiger partial charge in [0.1, 0.15) is 11.6 Å². The highest BCUT2D eigenvalue weighted by Gasteiger charge is 2.10. The highest BCUT2D eigenvalue weighted by atomic mass is 32.1. The summed E-state index contributed by atoms with van der Waals surface area (Å²) < 4.78 is 5.07. The number of carbonyl (C=O) groups excluding carboxylic acids is 1. The molecule has 4 nitrogen and oxygen atoms in total. The number of carbonyl (C=O) groups is 1. The Labute approximate surface area is 106 Å². The molecule has 92 valence electrons. The summed E-state index contributed by atoms with van der Waals surface area (Å²) in [5, 5.41) is 0. The Kier molecular flexibility index (Phi) is 5.06. The first-order chi connectivity index (χ1) is 8.06. The first kappa shape index (κ1) is 13.6. The monoisotopic (exact) mass is 252 g/mol. The summed E-state index contributed by atoms with van der Waals surface area (Å²) in [6.07, 6.45) is 0. The van der Waals surface area contributed by atoms with Crippen molar-refractivity contribution in [3.05, 3.63) is 29.8 Å². The highest BCUT2D eigenvalue weighted by Crippen LogP contribution is 2.14. The van der Waals surface area contributed by atoms with Crippen LogP contribution in [0.3, 0.4) is 0 Å². The SMILES string of the molecule is CCOCC(=O)N(C)c1ccc(C(N)=S)cc1. The van der Waals surface area contributed by atoms with Gasteiger partial charge in [-0.3, -0.25) is 4.79 Å². The topological polar surface area (TPSA) is 55.6 Å². The van der Waals surface area contributed by atoms with E-state index in [1.807, 2.05) is 6.92 Å². The van der Waals surface area contributed by atoms with E-state index in [-0.39, 0.29) is 12.5 Å². The van der Waals surface area contributed by atoms with Crippen molar-refractivity contribution >= 4 is 28.8 Å². The molecular formula is C12H16N2O2S. The van der Waals surface area contributed by atoms with Crippen molar-refractivity contribution in [2.75, 3.05) is 25.2 Å². The second kappa shape index (κ2) is 6.32. The molecule has 0 atom stereocenters. The third-order valence-corrected chi connectivity index (χ3v) is 2.58. The van der Waals surface area contributed by atoms with Crippen molar-refractivity contribution < 1.29 is 9.53 Å². The second-order valence-electron chi connectivity index (χ2n) is 3.50. The largest absolute Gasteiger partial charge is 0.389 e. The Morgan fingerprint density at radius 3 is 2.47 bits per heavy atom. The smallest absolute Gasteiger partial charge is 0.252 e. The van der Waals surface area contributed by atoms with E-state index in [1.54, 1.807) is 36.2 Å². The van der Waals surface area contributed by atoms with Gasteiger partial charge in [-0.05, 0) is 31.2 Å². The maximum atomic E-state index is 11.7. The third-order valence-electron chi connectivity index (χ3n) is 2.34. The summed E-state index contributed by atoms with van der Waals surface area (Å²) in [6, 6.07) is 7.20. The first-order valence-electron chi connectivity index (χ1n) is 5.30. The van der Waals surface area contributed by atoms with Gasteiger partial charge in [-0.15, -0.1) is 0 Å². The highest BCUT2D eigenvalue weighted by molar-refractivity contribution is 7.80. The van der Waals surface area contributed by atoms with E-state index in [0.29, 0.717) is 11.6 Å². The molecule has 1 aromatic carbocycles. The second-order valence-corrected chi connectivity index (χ2v) is 3.94. The number of ether oxygens (including phenoxy) is 1. The van der Waals surface area contributed by atoms with Gasteiger partial charge in [0.25, 0.3) is 5.91 Å². The summed E-state index contributed by atoms with van der Waals surface area (Å²) in [7, 11) is 1.71. The standard InChI is InChI=1S/C12H16N2O2S/c1-3-16-8-11(15)14(2)10-6-4-9(5-7-10)12(13)17/h4-7H,3,8H2,1-2H3,(H2,13,17). The van der Waals surface area contributed by atoms with Crippen LogP contribution in [0.5, 0.6) is 0 Å². The molecular weight excluding hydrogens is 236 g/mol. The number of nitrogens with zero attached hydrogens (tertiary/aromatic N) is 1. The maximum absolute atomic E-state index is 11.7. The van der Waals surface area contributed by atoms with E-state index in [4.69, 9.17) is 22.7 Å². The van der Waals surface area contributed by atoms with Crippen LogP contribution in [-0.4, -0.2) is 31.2 Å². The number of thiocarbonyl (C=S) groups is 1. The van der Waals surface area contributed by atoms with Gasteiger partial charge in [0, 0.05) is 24.9 Å².